The second kappa shape index (κ2) is 5.46. The molecule has 1 fully saturated rings. The molecule has 1 N–H and O–H groups in total. The largest absolute Gasteiger partial charge is 0.478 e. The Kier molecular flexibility index (Phi) is 3.93. The Balaban J connectivity index is 2.06. The molecule has 0 aromatic heterocycles. The third-order valence-corrected chi connectivity index (χ3v) is 3.23. The molecular formula is C13H16FNO3. The van der Waals surface area contributed by atoms with Crippen molar-refractivity contribution >= 4 is 5.97 Å². The lowest BCUT2D eigenvalue weighted by atomic mass is 10.1. The Morgan fingerprint density at radius 3 is 3.00 bits per heavy atom. The second-order valence-corrected chi connectivity index (χ2v) is 4.50. The van der Waals surface area contributed by atoms with Crippen LogP contribution in [0, 0.1) is 5.82 Å². The minimum Gasteiger partial charge on any atom is -0.478 e. The van der Waals surface area contributed by atoms with Gasteiger partial charge in [-0.3, -0.25) is 4.90 Å². The number of nitrogens with zero attached hydrogens (tertiary/aromatic N) is 1. The van der Waals surface area contributed by atoms with Gasteiger partial charge in [0.15, 0.2) is 0 Å². The van der Waals surface area contributed by atoms with Crippen LogP contribution in [0.25, 0.3) is 0 Å². The summed E-state index contributed by atoms with van der Waals surface area (Å²) < 4.78 is 18.5. The quantitative estimate of drug-likeness (QED) is 0.888. The molecule has 4 nitrogen and oxygen atoms in total. The smallest absolute Gasteiger partial charge is 0.338 e. The predicted molar refractivity (Wildman–Crippen MR) is 64.1 cm³/mol. The maximum atomic E-state index is 13.2. The van der Waals surface area contributed by atoms with Gasteiger partial charge in [-0.1, -0.05) is 6.07 Å². The van der Waals surface area contributed by atoms with Gasteiger partial charge in [-0.2, -0.15) is 0 Å². The Morgan fingerprint density at radius 2 is 2.39 bits per heavy atom. The van der Waals surface area contributed by atoms with Gasteiger partial charge in [-0.25, -0.2) is 9.18 Å². The molecule has 1 atom stereocenters. The Bertz CT molecular complexity index is 450. The number of methoxy groups -OCH3 is 1. The summed E-state index contributed by atoms with van der Waals surface area (Å²) in [6, 6.07) is 4.24. The maximum absolute atomic E-state index is 13.2. The first-order valence-electron chi connectivity index (χ1n) is 5.87. The average molecular weight is 253 g/mol. The molecule has 0 spiro atoms. The van der Waals surface area contributed by atoms with Crippen molar-refractivity contribution in [3.63, 3.8) is 0 Å². The number of hydrogen-bond donors (Lipinski definition) is 1. The third-order valence-electron chi connectivity index (χ3n) is 3.23. The second-order valence-electron chi connectivity index (χ2n) is 4.50. The molecule has 0 aliphatic carbocycles. The zero-order chi connectivity index (χ0) is 13.1. The number of hydrogen-bond acceptors (Lipinski definition) is 3. The van der Waals surface area contributed by atoms with Gasteiger partial charge in [-0.15, -0.1) is 0 Å². The summed E-state index contributed by atoms with van der Waals surface area (Å²) in [5.41, 5.74) is 0.542. The fourth-order valence-electron chi connectivity index (χ4n) is 2.23. The number of carbonyl (C=O) groups is 1. The molecule has 18 heavy (non-hydrogen) atoms. The average Bonchev–Trinajstić information content (AvgIpc) is 2.79. The fourth-order valence-corrected chi connectivity index (χ4v) is 2.23. The molecular weight excluding hydrogens is 237 g/mol. The van der Waals surface area contributed by atoms with Crippen LogP contribution in [0.15, 0.2) is 18.2 Å². The Morgan fingerprint density at radius 1 is 1.61 bits per heavy atom. The van der Waals surface area contributed by atoms with E-state index in [1.165, 1.54) is 12.1 Å². The van der Waals surface area contributed by atoms with Crippen molar-refractivity contribution in [3.8, 4) is 0 Å². The predicted octanol–water partition coefficient (Wildman–Crippen LogP) is 1.74. The lowest BCUT2D eigenvalue weighted by Gasteiger charge is -2.16. The lowest BCUT2D eigenvalue weighted by Crippen LogP contribution is -2.22. The van der Waals surface area contributed by atoms with E-state index in [1.807, 2.05) is 0 Å². The van der Waals surface area contributed by atoms with E-state index in [2.05, 4.69) is 4.90 Å². The molecule has 0 bridgehead atoms. The highest BCUT2D eigenvalue weighted by Gasteiger charge is 2.22. The number of benzene rings is 1. The van der Waals surface area contributed by atoms with Crippen LogP contribution in [0.3, 0.4) is 0 Å². The van der Waals surface area contributed by atoms with E-state index in [0.29, 0.717) is 6.54 Å². The molecule has 1 aromatic rings. The SMILES string of the molecule is COC1CCN(Cc2ccc(F)c(C(=O)O)c2)C1. The molecule has 1 aromatic carbocycles. The summed E-state index contributed by atoms with van der Waals surface area (Å²) in [5, 5.41) is 8.86. The summed E-state index contributed by atoms with van der Waals surface area (Å²) in [6.07, 6.45) is 1.22. The number of rotatable bonds is 4. The van der Waals surface area contributed by atoms with Crippen LogP contribution in [-0.2, 0) is 11.3 Å². The molecule has 5 heteroatoms. The van der Waals surface area contributed by atoms with Crippen LogP contribution >= 0.6 is 0 Å². The summed E-state index contributed by atoms with van der Waals surface area (Å²) >= 11 is 0. The maximum Gasteiger partial charge on any atom is 0.338 e. The number of ether oxygens (including phenoxy) is 1. The number of likely N-dealkylation sites (tertiary alicyclic amines) is 1. The standard InChI is InChI=1S/C13H16FNO3/c1-18-10-4-5-15(8-10)7-9-2-3-12(14)11(6-9)13(16)17/h2-3,6,10H,4-5,7-8H2,1H3,(H,16,17). The molecule has 2 rings (SSSR count). The van der Waals surface area contributed by atoms with E-state index in [1.54, 1.807) is 13.2 Å². The van der Waals surface area contributed by atoms with E-state index >= 15 is 0 Å². The molecule has 98 valence electrons. The van der Waals surface area contributed by atoms with Crippen molar-refractivity contribution in [1.29, 1.82) is 0 Å². The molecule has 0 radical (unpaired) electrons. The Hall–Kier alpha value is -1.46. The molecule has 1 unspecified atom stereocenters. The molecule has 0 saturated carbocycles. The van der Waals surface area contributed by atoms with Crippen LogP contribution in [0.4, 0.5) is 4.39 Å². The zero-order valence-electron chi connectivity index (χ0n) is 10.2. The summed E-state index contributed by atoms with van der Waals surface area (Å²) in [6.45, 7) is 2.37. The minimum atomic E-state index is -1.23. The molecule has 1 aliphatic heterocycles. The van der Waals surface area contributed by atoms with Crippen molar-refractivity contribution in [3.05, 3.63) is 35.1 Å². The van der Waals surface area contributed by atoms with Crippen LogP contribution in [0.1, 0.15) is 22.3 Å². The van der Waals surface area contributed by atoms with Gasteiger partial charge in [0.05, 0.1) is 11.7 Å². The fraction of sp³-hybridized carbons (Fsp3) is 0.462. The third kappa shape index (κ3) is 2.86. The summed E-state index contributed by atoms with van der Waals surface area (Å²) in [5.74, 6) is -1.92. The van der Waals surface area contributed by atoms with Crippen LogP contribution < -0.4 is 0 Å². The van der Waals surface area contributed by atoms with Crippen LogP contribution in [-0.4, -0.2) is 42.3 Å². The van der Waals surface area contributed by atoms with Crippen molar-refractivity contribution < 1.29 is 19.0 Å². The van der Waals surface area contributed by atoms with E-state index in [4.69, 9.17) is 9.84 Å². The van der Waals surface area contributed by atoms with Gasteiger partial charge in [0.2, 0.25) is 0 Å². The first-order valence-corrected chi connectivity index (χ1v) is 5.87. The van der Waals surface area contributed by atoms with Gasteiger partial charge in [-0.05, 0) is 24.1 Å². The van der Waals surface area contributed by atoms with Crippen molar-refractivity contribution in [2.45, 2.75) is 19.1 Å². The highest BCUT2D eigenvalue weighted by molar-refractivity contribution is 5.88. The first kappa shape index (κ1) is 13.0. The first-order chi connectivity index (χ1) is 8.60. The molecule has 1 heterocycles. The highest BCUT2D eigenvalue weighted by Crippen LogP contribution is 2.17. The highest BCUT2D eigenvalue weighted by atomic mass is 19.1. The Labute approximate surface area is 105 Å². The van der Waals surface area contributed by atoms with Crippen LogP contribution in [0.5, 0.6) is 0 Å². The van der Waals surface area contributed by atoms with Gasteiger partial charge >= 0.3 is 5.97 Å². The van der Waals surface area contributed by atoms with Crippen molar-refractivity contribution in [2.75, 3.05) is 20.2 Å². The minimum absolute atomic E-state index is 0.240. The van der Waals surface area contributed by atoms with Gasteiger partial charge in [0.1, 0.15) is 5.82 Å². The summed E-state index contributed by atoms with van der Waals surface area (Å²) in [7, 11) is 1.69. The van der Waals surface area contributed by atoms with Gasteiger partial charge in [0.25, 0.3) is 0 Å². The number of carboxylic acid groups (broad SMARTS) is 1. The van der Waals surface area contributed by atoms with Gasteiger partial charge < -0.3 is 9.84 Å². The molecule has 1 saturated heterocycles. The van der Waals surface area contributed by atoms with Crippen LogP contribution in [0.2, 0.25) is 0 Å². The molecule has 1 aliphatic rings. The number of halogens is 1. The van der Waals surface area contributed by atoms with E-state index in [9.17, 15) is 9.18 Å². The monoisotopic (exact) mass is 253 g/mol. The van der Waals surface area contributed by atoms with Gasteiger partial charge in [0, 0.05) is 26.7 Å². The lowest BCUT2D eigenvalue weighted by molar-refractivity contribution is 0.0691. The topological polar surface area (TPSA) is 49.8 Å². The van der Waals surface area contributed by atoms with Crippen molar-refractivity contribution in [1.82, 2.24) is 4.90 Å². The number of carboxylic acids is 1. The summed E-state index contributed by atoms with van der Waals surface area (Å²) in [4.78, 5) is 13.0. The van der Waals surface area contributed by atoms with E-state index in [-0.39, 0.29) is 11.7 Å². The zero-order valence-corrected chi connectivity index (χ0v) is 10.2. The molecule has 0 amide bonds. The number of aromatic carboxylic acids is 1. The normalized spacial score (nSPS) is 20.2. The van der Waals surface area contributed by atoms with E-state index in [0.717, 1.165) is 25.1 Å². The van der Waals surface area contributed by atoms with E-state index < -0.39 is 11.8 Å². The van der Waals surface area contributed by atoms with Crippen molar-refractivity contribution in [2.24, 2.45) is 0 Å².